The number of oxazole rings is 1. The third-order valence-corrected chi connectivity index (χ3v) is 8.90. The summed E-state index contributed by atoms with van der Waals surface area (Å²) in [7, 11) is 0. The van der Waals surface area contributed by atoms with E-state index in [1.54, 1.807) is 6.07 Å². The molecule has 2 saturated heterocycles. The van der Waals surface area contributed by atoms with Crippen molar-refractivity contribution in [2.24, 2.45) is 0 Å². The number of fused-ring (bicyclic) bond motifs is 1. The molecule has 1 atom stereocenters. The molecule has 0 spiro atoms. The Hall–Kier alpha value is -3.78. The van der Waals surface area contributed by atoms with Gasteiger partial charge in [-0.15, -0.1) is 0 Å². The summed E-state index contributed by atoms with van der Waals surface area (Å²) in [6.45, 7) is 15.6. The molecule has 5 heterocycles. The summed E-state index contributed by atoms with van der Waals surface area (Å²) in [6.07, 6.45) is 1.55. The van der Waals surface area contributed by atoms with Gasteiger partial charge in [0.2, 0.25) is 5.95 Å². The molecular formula is C33H46N8O5. The number of carbonyl (C=O) groups is 1. The SMILES string of the molecule is Cc1ncoc1COc1ccc2c(c1)CCN(CC(O)CNC(=O)c1cc(NC3COC3)nc(N3CCN(C(C)(C)C)CC3)n1)C2. The van der Waals surface area contributed by atoms with Crippen LogP contribution in [0.15, 0.2) is 35.1 Å². The van der Waals surface area contributed by atoms with Gasteiger partial charge in [0.15, 0.2) is 12.2 Å². The minimum absolute atomic E-state index is 0.0983. The summed E-state index contributed by atoms with van der Waals surface area (Å²) in [5.74, 6) is 2.33. The van der Waals surface area contributed by atoms with Crippen molar-refractivity contribution in [2.45, 2.75) is 65.0 Å². The predicted octanol–water partition coefficient (Wildman–Crippen LogP) is 2.23. The fourth-order valence-electron chi connectivity index (χ4n) is 5.98. The quantitative estimate of drug-likeness (QED) is 0.285. The fourth-order valence-corrected chi connectivity index (χ4v) is 5.98. The minimum Gasteiger partial charge on any atom is -0.486 e. The van der Waals surface area contributed by atoms with Crippen LogP contribution in [-0.4, -0.2) is 112 Å². The molecule has 1 amide bonds. The third kappa shape index (κ3) is 7.95. The molecule has 0 radical (unpaired) electrons. The van der Waals surface area contributed by atoms with Crippen LogP contribution in [0, 0.1) is 6.92 Å². The molecule has 2 aromatic heterocycles. The summed E-state index contributed by atoms with van der Waals surface area (Å²) < 4.78 is 16.6. The van der Waals surface area contributed by atoms with Gasteiger partial charge in [-0.05, 0) is 57.4 Å². The standard InChI is InChI=1S/C33H46N8O5/c1-22-29(46-21-35-22)20-45-27-6-5-24-16-39(8-7-23(24)13-27)17-26(42)15-34-31(43)28-14-30(36-25-18-44-19-25)38-32(37-28)40-9-11-41(12-10-40)33(2,3)4/h5-6,13-14,21,25-26,42H,7-12,15-20H2,1-4H3,(H,34,43)(H,36,37,38). The number of aryl methyl sites for hydroxylation is 1. The first-order valence-corrected chi connectivity index (χ1v) is 16.2. The summed E-state index contributed by atoms with van der Waals surface area (Å²) in [5, 5.41) is 17.1. The molecule has 248 valence electrons. The van der Waals surface area contributed by atoms with E-state index in [0.29, 0.717) is 38.1 Å². The van der Waals surface area contributed by atoms with Crippen LogP contribution in [0.2, 0.25) is 0 Å². The smallest absolute Gasteiger partial charge is 0.270 e. The normalized spacial score (nSPS) is 18.5. The van der Waals surface area contributed by atoms with Crippen LogP contribution < -0.4 is 20.3 Å². The number of amides is 1. The summed E-state index contributed by atoms with van der Waals surface area (Å²) in [6, 6.07) is 7.97. The van der Waals surface area contributed by atoms with Crippen LogP contribution in [0.5, 0.6) is 5.75 Å². The predicted molar refractivity (Wildman–Crippen MR) is 173 cm³/mol. The summed E-state index contributed by atoms with van der Waals surface area (Å²) in [4.78, 5) is 33.6. The van der Waals surface area contributed by atoms with Crippen molar-refractivity contribution in [3.63, 3.8) is 0 Å². The Morgan fingerprint density at radius 1 is 1.11 bits per heavy atom. The zero-order valence-electron chi connectivity index (χ0n) is 27.3. The zero-order chi connectivity index (χ0) is 32.3. The van der Waals surface area contributed by atoms with E-state index >= 15 is 0 Å². The van der Waals surface area contributed by atoms with Crippen molar-refractivity contribution in [1.29, 1.82) is 0 Å². The lowest BCUT2D eigenvalue weighted by Crippen LogP contribution is -2.53. The largest absolute Gasteiger partial charge is 0.486 e. The first-order chi connectivity index (χ1) is 22.1. The number of ether oxygens (including phenoxy) is 2. The molecular weight excluding hydrogens is 588 g/mol. The molecule has 2 fully saturated rings. The molecule has 13 nitrogen and oxygen atoms in total. The Labute approximate surface area is 270 Å². The van der Waals surface area contributed by atoms with E-state index in [4.69, 9.17) is 18.9 Å². The van der Waals surface area contributed by atoms with Crippen molar-refractivity contribution in [3.8, 4) is 5.75 Å². The Morgan fingerprint density at radius 3 is 2.61 bits per heavy atom. The van der Waals surface area contributed by atoms with E-state index in [1.807, 2.05) is 13.0 Å². The fraction of sp³-hybridized carbons (Fsp3) is 0.576. The third-order valence-electron chi connectivity index (χ3n) is 8.90. The van der Waals surface area contributed by atoms with E-state index in [-0.39, 0.29) is 29.7 Å². The summed E-state index contributed by atoms with van der Waals surface area (Å²) in [5.41, 5.74) is 3.65. The monoisotopic (exact) mass is 634 g/mol. The highest BCUT2D eigenvalue weighted by Crippen LogP contribution is 2.25. The number of hydrogen-bond acceptors (Lipinski definition) is 12. The molecule has 0 aliphatic carbocycles. The maximum absolute atomic E-state index is 13.3. The number of hydrogen-bond donors (Lipinski definition) is 3. The second-order valence-electron chi connectivity index (χ2n) is 13.4. The summed E-state index contributed by atoms with van der Waals surface area (Å²) >= 11 is 0. The lowest BCUT2D eigenvalue weighted by molar-refractivity contribution is 0.0209. The van der Waals surface area contributed by atoms with Crippen molar-refractivity contribution >= 4 is 17.7 Å². The Balaban J connectivity index is 1.02. The maximum Gasteiger partial charge on any atom is 0.270 e. The Bertz CT molecular complexity index is 1500. The number of carbonyl (C=O) groups excluding carboxylic acids is 1. The molecule has 3 N–H and O–H groups in total. The second-order valence-corrected chi connectivity index (χ2v) is 13.4. The number of aromatic nitrogens is 3. The molecule has 46 heavy (non-hydrogen) atoms. The molecule has 1 unspecified atom stereocenters. The lowest BCUT2D eigenvalue weighted by Gasteiger charge is -2.42. The minimum atomic E-state index is -0.727. The van der Waals surface area contributed by atoms with Crippen molar-refractivity contribution in [2.75, 3.05) is 69.2 Å². The number of nitrogens with zero attached hydrogens (tertiary/aromatic N) is 6. The van der Waals surface area contributed by atoms with Gasteiger partial charge in [-0.3, -0.25) is 14.6 Å². The average Bonchev–Trinajstić information content (AvgIpc) is 3.44. The number of piperazine rings is 1. The van der Waals surface area contributed by atoms with Crippen molar-refractivity contribution < 1.29 is 23.8 Å². The Kier molecular flexibility index (Phi) is 9.73. The molecule has 0 bridgehead atoms. The van der Waals surface area contributed by atoms with Gasteiger partial charge < -0.3 is 34.5 Å². The van der Waals surface area contributed by atoms with Gasteiger partial charge >= 0.3 is 0 Å². The van der Waals surface area contributed by atoms with E-state index < -0.39 is 6.10 Å². The van der Waals surface area contributed by atoms with Crippen LogP contribution in [0.4, 0.5) is 11.8 Å². The zero-order valence-corrected chi connectivity index (χ0v) is 27.3. The maximum atomic E-state index is 13.3. The van der Waals surface area contributed by atoms with E-state index in [1.165, 1.54) is 17.5 Å². The number of anilines is 2. The molecule has 0 saturated carbocycles. The highest BCUT2D eigenvalue weighted by atomic mass is 16.5. The highest BCUT2D eigenvalue weighted by molar-refractivity contribution is 5.93. The molecule has 3 aliphatic rings. The number of nitrogens with one attached hydrogen (secondary N) is 2. The van der Waals surface area contributed by atoms with Gasteiger partial charge in [0.25, 0.3) is 5.91 Å². The van der Waals surface area contributed by atoms with E-state index in [2.05, 4.69) is 68.2 Å². The first-order valence-electron chi connectivity index (χ1n) is 16.2. The average molecular weight is 635 g/mol. The van der Waals surface area contributed by atoms with Crippen LogP contribution in [0.1, 0.15) is 53.8 Å². The topological polar surface area (TPSA) is 141 Å². The number of rotatable bonds is 11. The molecule has 6 rings (SSSR count). The van der Waals surface area contributed by atoms with Crippen LogP contribution in [-0.2, 0) is 24.3 Å². The number of aliphatic hydroxyl groups excluding tert-OH is 1. The molecule has 3 aromatic rings. The second kappa shape index (κ2) is 13.9. The number of benzene rings is 1. The number of β-amino-alcohol motifs (C(OH)–C–C–N with tert-alkyl or cyclic N) is 1. The lowest BCUT2D eigenvalue weighted by atomic mass is 9.99. The van der Waals surface area contributed by atoms with E-state index in [9.17, 15) is 9.90 Å². The highest BCUT2D eigenvalue weighted by Gasteiger charge is 2.28. The van der Waals surface area contributed by atoms with Gasteiger partial charge in [0.05, 0.1) is 31.1 Å². The molecule has 1 aromatic carbocycles. The van der Waals surface area contributed by atoms with E-state index in [0.717, 1.165) is 62.9 Å². The first kappa shape index (κ1) is 32.2. The molecule has 3 aliphatic heterocycles. The van der Waals surface area contributed by atoms with Crippen LogP contribution in [0.25, 0.3) is 0 Å². The van der Waals surface area contributed by atoms with Crippen LogP contribution >= 0.6 is 0 Å². The van der Waals surface area contributed by atoms with Crippen molar-refractivity contribution in [1.82, 2.24) is 30.1 Å². The molecule has 13 heteroatoms. The van der Waals surface area contributed by atoms with Crippen molar-refractivity contribution in [3.05, 3.63) is 58.9 Å². The van der Waals surface area contributed by atoms with Crippen LogP contribution in [0.3, 0.4) is 0 Å². The number of aliphatic hydroxyl groups is 1. The Morgan fingerprint density at radius 2 is 1.91 bits per heavy atom. The van der Waals surface area contributed by atoms with Gasteiger partial charge in [-0.1, -0.05) is 6.07 Å². The van der Waals surface area contributed by atoms with Gasteiger partial charge in [0.1, 0.15) is 23.9 Å². The van der Waals surface area contributed by atoms with Gasteiger partial charge in [-0.25, -0.2) is 9.97 Å². The van der Waals surface area contributed by atoms with Gasteiger partial charge in [-0.2, -0.15) is 4.98 Å². The van der Waals surface area contributed by atoms with Gasteiger partial charge in [0, 0.05) is 64.0 Å².